The van der Waals surface area contributed by atoms with Crippen LogP contribution in [0.3, 0.4) is 0 Å². The lowest BCUT2D eigenvalue weighted by Gasteiger charge is -2.37. The van der Waals surface area contributed by atoms with Gasteiger partial charge >= 0.3 is 6.03 Å². The summed E-state index contributed by atoms with van der Waals surface area (Å²) in [5.41, 5.74) is 1.13. The zero-order chi connectivity index (χ0) is 19.4. The van der Waals surface area contributed by atoms with E-state index >= 15 is 0 Å². The van der Waals surface area contributed by atoms with E-state index < -0.39 is 4.92 Å². The molecule has 2 aromatic rings. The van der Waals surface area contributed by atoms with Crippen LogP contribution in [0.15, 0.2) is 48.5 Å². The Labute approximate surface area is 156 Å². The van der Waals surface area contributed by atoms with E-state index in [4.69, 9.17) is 9.47 Å². The van der Waals surface area contributed by atoms with E-state index in [1.165, 1.54) is 25.3 Å². The lowest BCUT2D eigenvalue weighted by atomic mass is 10.1. The molecular formula is C19H21N3O5. The monoisotopic (exact) mass is 371 g/mol. The fourth-order valence-electron chi connectivity index (χ4n) is 3.07. The van der Waals surface area contributed by atoms with Crippen molar-refractivity contribution >= 4 is 17.4 Å². The van der Waals surface area contributed by atoms with Gasteiger partial charge in [0.05, 0.1) is 30.4 Å². The molecule has 0 spiro atoms. The van der Waals surface area contributed by atoms with Gasteiger partial charge in [0.15, 0.2) is 0 Å². The van der Waals surface area contributed by atoms with Crippen LogP contribution in [0.2, 0.25) is 0 Å². The maximum Gasteiger partial charge on any atom is 0.322 e. The van der Waals surface area contributed by atoms with Gasteiger partial charge in [0.2, 0.25) is 0 Å². The Morgan fingerprint density at radius 1 is 1.26 bits per heavy atom. The number of carbonyl (C=O) groups is 1. The number of nitro benzene ring substituents is 1. The summed E-state index contributed by atoms with van der Waals surface area (Å²) in [6.07, 6.45) is -0.366. The van der Waals surface area contributed by atoms with Crippen LogP contribution in [0, 0.1) is 10.1 Å². The second kappa shape index (κ2) is 8.05. The average Bonchev–Trinajstić information content (AvgIpc) is 2.68. The Morgan fingerprint density at radius 3 is 2.67 bits per heavy atom. The summed E-state index contributed by atoms with van der Waals surface area (Å²) in [5, 5.41) is 13.7. The molecule has 142 valence electrons. The predicted molar refractivity (Wildman–Crippen MR) is 100.0 cm³/mol. The largest absolute Gasteiger partial charge is 0.495 e. The molecule has 2 amide bonds. The van der Waals surface area contributed by atoms with Crippen molar-refractivity contribution in [2.45, 2.75) is 19.1 Å². The maximum atomic E-state index is 12.8. The molecule has 0 aromatic heterocycles. The van der Waals surface area contributed by atoms with Crippen LogP contribution in [-0.2, 0) is 4.74 Å². The summed E-state index contributed by atoms with van der Waals surface area (Å²) >= 11 is 0. The van der Waals surface area contributed by atoms with Crippen LogP contribution in [0.1, 0.15) is 18.6 Å². The number of non-ortho nitro benzene ring substituents is 1. The van der Waals surface area contributed by atoms with Gasteiger partial charge in [0, 0.05) is 18.7 Å². The van der Waals surface area contributed by atoms with Crippen molar-refractivity contribution in [2.75, 3.05) is 25.5 Å². The first-order chi connectivity index (χ1) is 13.0. The van der Waals surface area contributed by atoms with Crippen LogP contribution in [-0.4, -0.2) is 42.2 Å². The number of hydrogen-bond acceptors (Lipinski definition) is 5. The van der Waals surface area contributed by atoms with Crippen molar-refractivity contribution in [2.24, 2.45) is 0 Å². The van der Waals surface area contributed by atoms with Crippen molar-refractivity contribution in [3.63, 3.8) is 0 Å². The number of urea groups is 1. The van der Waals surface area contributed by atoms with Crippen LogP contribution in [0.25, 0.3) is 0 Å². The van der Waals surface area contributed by atoms with Gasteiger partial charge in [-0.05, 0) is 18.6 Å². The van der Waals surface area contributed by atoms with Crippen molar-refractivity contribution in [3.8, 4) is 5.75 Å². The van der Waals surface area contributed by atoms with Crippen LogP contribution >= 0.6 is 0 Å². The number of morpholine rings is 1. The van der Waals surface area contributed by atoms with Crippen molar-refractivity contribution < 1.29 is 19.2 Å². The molecule has 0 saturated carbocycles. The van der Waals surface area contributed by atoms with Crippen molar-refractivity contribution in [1.29, 1.82) is 0 Å². The van der Waals surface area contributed by atoms with Gasteiger partial charge < -0.3 is 19.7 Å². The first-order valence-corrected chi connectivity index (χ1v) is 8.56. The zero-order valence-corrected chi connectivity index (χ0v) is 15.1. The second-order valence-electron chi connectivity index (χ2n) is 6.32. The molecule has 1 aliphatic rings. The Morgan fingerprint density at radius 2 is 2.00 bits per heavy atom. The van der Waals surface area contributed by atoms with Gasteiger partial charge in [0.25, 0.3) is 5.69 Å². The number of carbonyl (C=O) groups excluding carboxylic acids is 1. The van der Waals surface area contributed by atoms with Crippen LogP contribution in [0.4, 0.5) is 16.2 Å². The molecule has 1 fully saturated rings. The Kier molecular flexibility index (Phi) is 5.56. The van der Waals surface area contributed by atoms with Crippen molar-refractivity contribution in [1.82, 2.24) is 4.90 Å². The van der Waals surface area contributed by atoms with Gasteiger partial charge in [-0.25, -0.2) is 4.79 Å². The number of benzene rings is 2. The SMILES string of the molecule is COc1ccc([N+](=O)[O-])cc1NC(=O)N1CC(C)OC(c2ccccc2)C1. The van der Waals surface area contributed by atoms with Gasteiger partial charge in [0.1, 0.15) is 11.9 Å². The first kappa shape index (κ1) is 18.7. The number of anilines is 1. The highest BCUT2D eigenvalue weighted by Crippen LogP contribution is 2.30. The zero-order valence-electron chi connectivity index (χ0n) is 15.1. The summed E-state index contributed by atoms with van der Waals surface area (Å²) < 4.78 is 11.2. The number of ether oxygens (including phenoxy) is 2. The second-order valence-corrected chi connectivity index (χ2v) is 6.32. The highest BCUT2D eigenvalue weighted by atomic mass is 16.6. The minimum absolute atomic E-state index is 0.122. The van der Waals surface area contributed by atoms with E-state index in [1.54, 1.807) is 4.90 Å². The Balaban J connectivity index is 1.77. The molecule has 0 bridgehead atoms. The first-order valence-electron chi connectivity index (χ1n) is 8.56. The Bertz CT molecular complexity index is 827. The van der Waals surface area contributed by atoms with E-state index in [9.17, 15) is 14.9 Å². The lowest BCUT2D eigenvalue weighted by Crippen LogP contribution is -2.47. The fourth-order valence-corrected chi connectivity index (χ4v) is 3.07. The van der Waals surface area contributed by atoms with E-state index in [1.807, 2.05) is 37.3 Å². The predicted octanol–water partition coefficient (Wildman–Crippen LogP) is 3.60. The third-order valence-corrected chi connectivity index (χ3v) is 4.35. The third kappa shape index (κ3) is 4.35. The summed E-state index contributed by atoms with van der Waals surface area (Å²) in [6.45, 7) is 2.72. The summed E-state index contributed by atoms with van der Waals surface area (Å²) in [4.78, 5) is 24.9. The number of hydrogen-bond donors (Lipinski definition) is 1. The lowest BCUT2D eigenvalue weighted by molar-refractivity contribution is -0.384. The molecule has 1 heterocycles. The maximum absolute atomic E-state index is 12.8. The normalized spacial score (nSPS) is 19.4. The van der Waals surface area contributed by atoms with Crippen LogP contribution in [0.5, 0.6) is 5.75 Å². The number of nitro groups is 1. The van der Waals surface area contributed by atoms with Gasteiger partial charge in [-0.1, -0.05) is 30.3 Å². The molecule has 27 heavy (non-hydrogen) atoms. The average molecular weight is 371 g/mol. The molecule has 8 nitrogen and oxygen atoms in total. The molecule has 0 radical (unpaired) electrons. The molecule has 3 rings (SSSR count). The molecular weight excluding hydrogens is 350 g/mol. The molecule has 2 atom stereocenters. The standard InChI is InChI=1S/C19H21N3O5/c1-13-11-21(12-18(27-13)14-6-4-3-5-7-14)19(23)20-16-10-15(22(24)25)8-9-17(16)26-2/h3-10,13,18H,11-12H2,1-2H3,(H,20,23). The molecule has 2 unspecified atom stereocenters. The number of nitrogens with one attached hydrogen (secondary N) is 1. The molecule has 2 aromatic carbocycles. The summed E-state index contributed by atoms with van der Waals surface area (Å²) in [6, 6.07) is 13.4. The van der Waals surface area contributed by atoms with Crippen LogP contribution < -0.4 is 10.1 Å². The smallest absolute Gasteiger partial charge is 0.322 e. The topological polar surface area (TPSA) is 93.9 Å². The Hall–Kier alpha value is -3.13. The van der Waals surface area contributed by atoms with Gasteiger partial charge in [-0.15, -0.1) is 0 Å². The summed E-state index contributed by atoms with van der Waals surface area (Å²) in [5.74, 6) is 0.356. The van der Waals surface area contributed by atoms with E-state index in [-0.39, 0.29) is 29.6 Å². The quantitative estimate of drug-likeness (QED) is 0.655. The van der Waals surface area contributed by atoms with E-state index in [0.29, 0.717) is 18.8 Å². The van der Waals surface area contributed by atoms with E-state index in [0.717, 1.165) is 5.56 Å². The number of nitrogens with zero attached hydrogens (tertiary/aromatic N) is 2. The third-order valence-electron chi connectivity index (χ3n) is 4.35. The molecule has 1 saturated heterocycles. The number of amides is 2. The van der Waals surface area contributed by atoms with E-state index in [2.05, 4.69) is 5.32 Å². The minimum atomic E-state index is -0.517. The summed E-state index contributed by atoms with van der Waals surface area (Å²) in [7, 11) is 1.44. The highest BCUT2D eigenvalue weighted by Gasteiger charge is 2.30. The highest BCUT2D eigenvalue weighted by molar-refractivity contribution is 5.91. The molecule has 1 aliphatic heterocycles. The van der Waals surface area contributed by atoms with Crippen molar-refractivity contribution in [3.05, 3.63) is 64.2 Å². The molecule has 0 aliphatic carbocycles. The molecule has 8 heteroatoms. The van der Waals surface area contributed by atoms with Gasteiger partial charge in [-0.2, -0.15) is 0 Å². The fraction of sp³-hybridized carbons (Fsp3) is 0.316. The van der Waals surface area contributed by atoms with Gasteiger partial charge in [-0.3, -0.25) is 10.1 Å². The number of methoxy groups -OCH3 is 1. The minimum Gasteiger partial charge on any atom is -0.495 e. The number of rotatable bonds is 4. The molecule has 1 N–H and O–H groups in total.